The molecule has 1 aromatic heterocycles. The molecule has 0 amide bonds. The summed E-state index contributed by atoms with van der Waals surface area (Å²) in [6.07, 6.45) is 0. The summed E-state index contributed by atoms with van der Waals surface area (Å²) in [6, 6.07) is 5.72. The molecule has 0 spiro atoms. The van der Waals surface area contributed by atoms with E-state index in [0.717, 1.165) is 17.0 Å². The third-order valence-corrected chi connectivity index (χ3v) is 3.26. The highest BCUT2D eigenvalue weighted by molar-refractivity contribution is 7.71. The molecule has 18 heavy (non-hydrogen) atoms. The maximum Gasteiger partial charge on any atom is 0.195 e. The number of ether oxygens (including phenoxy) is 1. The molecule has 2 rings (SSSR count). The van der Waals surface area contributed by atoms with Gasteiger partial charge in [0, 0.05) is 17.7 Å². The van der Waals surface area contributed by atoms with Crippen molar-refractivity contribution in [3.05, 3.63) is 33.6 Å². The topological polar surface area (TPSA) is 42.8 Å². The summed E-state index contributed by atoms with van der Waals surface area (Å²) in [5.41, 5.74) is 2.08. The molecular formula is C12H14ClN3OS. The second kappa shape index (κ2) is 5.65. The quantitative estimate of drug-likeness (QED) is 0.876. The standard InChI is InChI=1S/C12H14ClN3OS/c1-8-3-4-9(13)7-10(8)11-14-15-12(18)16(11)5-6-17-2/h3-4,7H,5-6H2,1-2H3,(H,15,18). The Kier molecular flexibility index (Phi) is 4.16. The fourth-order valence-corrected chi connectivity index (χ4v) is 2.14. The van der Waals surface area contributed by atoms with E-state index in [1.165, 1.54) is 0 Å². The van der Waals surface area contributed by atoms with Gasteiger partial charge in [-0.25, -0.2) is 0 Å². The zero-order valence-corrected chi connectivity index (χ0v) is 11.8. The first-order valence-corrected chi connectivity index (χ1v) is 6.32. The van der Waals surface area contributed by atoms with Crippen LogP contribution in [0.15, 0.2) is 18.2 Å². The average molecular weight is 284 g/mol. The molecule has 4 nitrogen and oxygen atoms in total. The highest BCUT2D eigenvalue weighted by atomic mass is 35.5. The second-order valence-corrected chi connectivity index (χ2v) is 4.78. The van der Waals surface area contributed by atoms with Gasteiger partial charge in [0.1, 0.15) is 0 Å². The average Bonchev–Trinajstić information content (AvgIpc) is 2.71. The lowest BCUT2D eigenvalue weighted by Crippen LogP contribution is -2.06. The minimum atomic E-state index is 0.584. The third-order valence-electron chi connectivity index (χ3n) is 2.72. The number of aromatic nitrogens is 3. The summed E-state index contributed by atoms with van der Waals surface area (Å²) < 4.78 is 7.58. The van der Waals surface area contributed by atoms with E-state index in [9.17, 15) is 0 Å². The Balaban J connectivity index is 2.50. The SMILES string of the molecule is COCCn1c(-c2cc(Cl)ccc2C)n[nH]c1=S. The zero-order chi connectivity index (χ0) is 13.1. The Morgan fingerprint density at radius 1 is 1.50 bits per heavy atom. The number of H-pyrrole nitrogens is 1. The van der Waals surface area contributed by atoms with Crippen molar-refractivity contribution in [2.45, 2.75) is 13.5 Å². The van der Waals surface area contributed by atoms with Crippen molar-refractivity contribution in [2.75, 3.05) is 13.7 Å². The predicted molar refractivity (Wildman–Crippen MR) is 74.5 cm³/mol. The molecule has 0 aliphatic carbocycles. The van der Waals surface area contributed by atoms with E-state index in [1.54, 1.807) is 7.11 Å². The number of aromatic amines is 1. The fraction of sp³-hybridized carbons (Fsp3) is 0.333. The fourth-order valence-electron chi connectivity index (χ4n) is 1.75. The van der Waals surface area contributed by atoms with Crippen LogP contribution >= 0.6 is 23.8 Å². The Bertz CT molecular complexity index is 606. The predicted octanol–water partition coefficient (Wildman–Crippen LogP) is 3.22. The molecule has 0 unspecified atom stereocenters. The first kappa shape index (κ1) is 13.3. The van der Waals surface area contributed by atoms with Crippen molar-refractivity contribution in [2.24, 2.45) is 0 Å². The number of aryl methyl sites for hydroxylation is 1. The lowest BCUT2D eigenvalue weighted by Gasteiger charge is -2.08. The number of benzene rings is 1. The van der Waals surface area contributed by atoms with E-state index in [2.05, 4.69) is 10.2 Å². The smallest absolute Gasteiger partial charge is 0.195 e. The Hall–Kier alpha value is -1.17. The van der Waals surface area contributed by atoms with E-state index in [4.69, 9.17) is 28.6 Å². The normalized spacial score (nSPS) is 10.8. The molecule has 0 aliphatic heterocycles. The molecular weight excluding hydrogens is 270 g/mol. The Morgan fingerprint density at radius 2 is 2.28 bits per heavy atom. The van der Waals surface area contributed by atoms with Crippen molar-refractivity contribution in [3.63, 3.8) is 0 Å². The number of rotatable bonds is 4. The van der Waals surface area contributed by atoms with Gasteiger partial charge in [-0.1, -0.05) is 17.7 Å². The largest absolute Gasteiger partial charge is 0.383 e. The van der Waals surface area contributed by atoms with Crippen molar-refractivity contribution >= 4 is 23.8 Å². The van der Waals surface area contributed by atoms with Crippen LogP contribution in [0.5, 0.6) is 0 Å². The van der Waals surface area contributed by atoms with Gasteiger partial charge < -0.3 is 4.74 Å². The van der Waals surface area contributed by atoms with Crippen LogP contribution in [0.25, 0.3) is 11.4 Å². The number of hydrogen-bond acceptors (Lipinski definition) is 3. The van der Waals surface area contributed by atoms with Gasteiger partial charge >= 0.3 is 0 Å². The third kappa shape index (κ3) is 2.63. The minimum absolute atomic E-state index is 0.584. The molecule has 2 aromatic rings. The molecule has 0 atom stereocenters. The summed E-state index contributed by atoms with van der Waals surface area (Å²) in [4.78, 5) is 0. The first-order chi connectivity index (χ1) is 8.63. The lowest BCUT2D eigenvalue weighted by molar-refractivity contribution is 0.187. The Labute approximate surface area is 116 Å². The van der Waals surface area contributed by atoms with Gasteiger partial charge in [-0.05, 0) is 36.8 Å². The number of nitrogens with one attached hydrogen (secondary N) is 1. The summed E-state index contributed by atoms with van der Waals surface area (Å²) in [5.74, 6) is 0.789. The minimum Gasteiger partial charge on any atom is -0.383 e. The zero-order valence-electron chi connectivity index (χ0n) is 10.2. The maximum atomic E-state index is 6.03. The molecule has 6 heteroatoms. The van der Waals surface area contributed by atoms with Gasteiger partial charge in [-0.2, -0.15) is 5.10 Å². The van der Waals surface area contributed by atoms with Crippen LogP contribution in [0, 0.1) is 11.7 Å². The molecule has 96 valence electrons. The number of hydrogen-bond donors (Lipinski definition) is 1. The van der Waals surface area contributed by atoms with Crippen LogP contribution in [0.3, 0.4) is 0 Å². The van der Waals surface area contributed by atoms with E-state index in [0.29, 0.717) is 22.9 Å². The van der Waals surface area contributed by atoms with E-state index < -0.39 is 0 Å². The number of halogens is 1. The van der Waals surface area contributed by atoms with Crippen LogP contribution in [-0.4, -0.2) is 28.5 Å². The molecule has 1 heterocycles. The van der Waals surface area contributed by atoms with Crippen molar-refractivity contribution in [1.82, 2.24) is 14.8 Å². The van der Waals surface area contributed by atoms with Crippen LogP contribution in [0.1, 0.15) is 5.56 Å². The van der Waals surface area contributed by atoms with Crippen LogP contribution in [-0.2, 0) is 11.3 Å². The summed E-state index contributed by atoms with van der Waals surface area (Å²) in [6.45, 7) is 3.26. The van der Waals surface area contributed by atoms with Gasteiger partial charge in [0.2, 0.25) is 0 Å². The monoisotopic (exact) mass is 283 g/mol. The van der Waals surface area contributed by atoms with Gasteiger partial charge in [0.25, 0.3) is 0 Å². The van der Waals surface area contributed by atoms with Gasteiger partial charge in [0.05, 0.1) is 13.2 Å². The van der Waals surface area contributed by atoms with Gasteiger partial charge in [0.15, 0.2) is 10.6 Å². The highest BCUT2D eigenvalue weighted by Crippen LogP contribution is 2.25. The molecule has 0 saturated heterocycles. The maximum absolute atomic E-state index is 6.03. The lowest BCUT2D eigenvalue weighted by atomic mass is 10.1. The highest BCUT2D eigenvalue weighted by Gasteiger charge is 2.11. The first-order valence-electron chi connectivity index (χ1n) is 5.54. The van der Waals surface area contributed by atoms with Crippen molar-refractivity contribution in [1.29, 1.82) is 0 Å². The van der Waals surface area contributed by atoms with E-state index in [-0.39, 0.29) is 0 Å². The van der Waals surface area contributed by atoms with E-state index >= 15 is 0 Å². The summed E-state index contributed by atoms with van der Waals surface area (Å²) in [5, 5.41) is 7.76. The number of nitrogens with zero attached hydrogens (tertiary/aromatic N) is 2. The molecule has 1 aromatic carbocycles. The molecule has 0 aliphatic rings. The molecule has 0 saturated carbocycles. The van der Waals surface area contributed by atoms with Crippen LogP contribution in [0.2, 0.25) is 5.02 Å². The van der Waals surface area contributed by atoms with Gasteiger partial charge in [-0.15, -0.1) is 0 Å². The van der Waals surface area contributed by atoms with Crippen LogP contribution in [0.4, 0.5) is 0 Å². The Morgan fingerprint density at radius 3 is 3.00 bits per heavy atom. The second-order valence-electron chi connectivity index (χ2n) is 3.96. The van der Waals surface area contributed by atoms with Crippen molar-refractivity contribution in [3.8, 4) is 11.4 Å². The molecule has 0 radical (unpaired) electrons. The summed E-state index contributed by atoms with van der Waals surface area (Å²) >= 11 is 11.3. The van der Waals surface area contributed by atoms with E-state index in [1.807, 2.05) is 29.7 Å². The molecule has 0 bridgehead atoms. The van der Waals surface area contributed by atoms with Crippen LogP contribution < -0.4 is 0 Å². The molecule has 1 N–H and O–H groups in total. The van der Waals surface area contributed by atoms with Crippen molar-refractivity contribution < 1.29 is 4.74 Å². The number of methoxy groups -OCH3 is 1. The van der Waals surface area contributed by atoms with Gasteiger partial charge in [-0.3, -0.25) is 9.67 Å². The summed E-state index contributed by atoms with van der Waals surface area (Å²) in [7, 11) is 1.66. The molecule has 0 fully saturated rings.